The third kappa shape index (κ3) is 7.85. The Kier molecular flexibility index (Phi) is 10.3. The molecule has 2 aromatic carbocycles. The fraction of sp³-hybridized carbons (Fsp3) is 0.435. The zero-order valence-corrected chi connectivity index (χ0v) is 19.5. The molecule has 0 spiro atoms. The molecule has 158 valence electrons. The molecule has 0 aliphatic carbocycles. The summed E-state index contributed by atoms with van der Waals surface area (Å²) in [5.74, 6) is 0.787. The van der Waals surface area contributed by atoms with E-state index in [4.69, 9.17) is 0 Å². The highest BCUT2D eigenvalue weighted by Crippen LogP contribution is 2.19. The van der Waals surface area contributed by atoms with Crippen LogP contribution in [0.5, 0.6) is 0 Å². The van der Waals surface area contributed by atoms with Gasteiger partial charge in [-0.15, -0.1) is 24.0 Å². The van der Waals surface area contributed by atoms with E-state index in [9.17, 15) is 5.11 Å². The van der Waals surface area contributed by atoms with Crippen LogP contribution in [0.2, 0.25) is 0 Å². The maximum Gasteiger partial charge on any atom is 0.191 e. The second-order valence-corrected chi connectivity index (χ2v) is 7.33. The summed E-state index contributed by atoms with van der Waals surface area (Å²) in [6, 6.07) is 21.0. The van der Waals surface area contributed by atoms with E-state index in [2.05, 4.69) is 57.8 Å². The summed E-state index contributed by atoms with van der Waals surface area (Å²) in [5, 5.41) is 17.2. The molecule has 0 amide bonds. The highest BCUT2D eigenvalue weighted by molar-refractivity contribution is 14.0. The topological polar surface area (TPSA) is 59.9 Å². The molecule has 0 bridgehead atoms. The van der Waals surface area contributed by atoms with Gasteiger partial charge < -0.3 is 20.6 Å². The average Bonchev–Trinajstić information content (AvgIpc) is 2.74. The third-order valence-electron chi connectivity index (χ3n) is 5.00. The van der Waals surface area contributed by atoms with Crippen molar-refractivity contribution in [1.29, 1.82) is 0 Å². The van der Waals surface area contributed by atoms with E-state index in [1.54, 1.807) is 0 Å². The lowest BCUT2D eigenvalue weighted by molar-refractivity contribution is 0.183. The van der Waals surface area contributed by atoms with Gasteiger partial charge in [-0.2, -0.15) is 0 Å². The fourth-order valence-electron chi connectivity index (χ4n) is 3.63. The summed E-state index contributed by atoms with van der Waals surface area (Å²) >= 11 is 0. The average molecular weight is 508 g/mol. The zero-order chi connectivity index (χ0) is 19.6. The van der Waals surface area contributed by atoms with Crippen molar-refractivity contribution in [3.63, 3.8) is 0 Å². The number of anilines is 1. The molecule has 0 aromatic heterocycles. The van der Waals surface area contributed by atoms with Crippen LogP contribution in [0.15, 0.2) is 65.7 Å². The number of aliphatic hydroxyl groups is 1. The Labute approximate surface area is 191 Å². The number of halogens is 1. The van der Waals surface area contributed by atoms with Crippen molar-refractivity contribution in [2.75, 3.05) is 31.1 Å². The molecule has 2 aromatic rings. The van der Waals surface area contributed by atoms with E-state index in [1.807, 2.05) is 30.3 Å². The maximum absolute atomic E-state index is 10.3. The van der Waals surface area contributed by atoms with Crippen LogP contribution in [0.25, 0.3) is 0 Å². The molecule has 1 heterocycles. The van der Waals surface area contributed by atoms with Gasteiger partial charge in [-0.3, -0.25) is 4.99 Å². The van der Waals surface area contributed by atoms with Crippen LogP contribution in [0.4, 0.5) is 5.69 Å². The van der Waals surface area contributed by atoms with Crippen LogP contribution >= 0.6 is 24.0 Å². The number of hydrogen-bond donors (Lipinski definition) is 3. The number of guanidine groups is 1. The predicted molar refractivity (Wildman–Crippen MR) is 132 cm³/mol. The van der Waals surface area contributed by atoms with Gasteiger partial charge in [0.1, 0.15) is 0 Å². The van der Waals surface area contributed by atoms with E-state index in [1.165, 1.54) is 5.69 Å². The second kappa shape index (κ2) is 12.7. The van der Waals surface area contributed by atoms with Crippen LogP contribution in [0.1, 0.15) is 25.3 Å². The van der Waals surface area contributed by atoms with Gasteiger partial charge in [-0.25, -0.2) is 0 Å². The molecular formula is C23H33IN4O. The van der Waals surface area contributed by atoms with Gasteiger partial charge in [0.25, 0.3) is 0 Å². The first-order chi connectivity index (χ1) is 13.7. The Bertz CT molecular complexity index is 726. The number of piperidine rings is 1. The van der Waals surface area contributed by atoms with Gasteiger partial charge in [0, 0.05) is 37.8 Å². The summed E-state index contributed by atoms with van der Waals surface area (Å²) in [5.41, 5.74) is 2.41. The smallest absolute Gasteiger partial charge is 0.191 e. The van der Waals surface area contributed by atoms with Crippen molar-refractivity contribution in [2.45, 2.75) is 38.3 Å². The Morgan fingerprint density at radius 1 is 1.14 bits per heavy atom. The van der Waals surface area contributed by atoms with Crippen molar-refractivity contribution in [3.05, 3.63) is 66.2 Å². The van der Waals surface area contributed by atoms with Crippen LogP contribution in [-0.4, -0.2) is 49.4 Å². The molecule has 2 atom stereocenters. The van der Waals surface area contributed by atoms with Crippen LogP contribution < -0.4 is 15.5 Å². The lowest BCUT2D eigenvalue weighted by atomic mass is 10.0. The summed E-state index contributed by atoms with van der Waals surface area (Å²) in [7, 11) is 0. The number of benzene rings is 2. The molecule has 0 saturated carbocycles. The van der Waals surface area contributed by atoms with E-state index < -0.39 is 6.10 Å². The standard InChI is InChI=1S/C23H32N4O.HI/c1-2-24-23(25-17-22(28)16-19-10-5-3-6-11-19)26-20-12-9-15-27(18-20)21-13-7-4-8-14-21;/h3-8,10-11,13-14,20,22,28H,2,9,12,15-18H2,1H3,(H2,24,25,26);1H. The Morgan fingerprint density at radius 3 is 2.52 bits per heavy atom. The van der Waals surface area contributed by atoms with Crippen LogP contribution in [0, 0.1) is 0 Å². The number of rotatable bonds is 7. The van der Waals surface area contributed by atoms with Crippen molar-refractivity contribution in [1.82, 2.24) is 10.6 Å². The number of para-hydroxylation sites is 1. The number of hydrogen-bond acceptors (Lipinski definition) is 3. The fourth-order valence-corrected chi connectivity index (χ4v) is 3.63. The van der Waals surface area contributed by atoms with Crippen molar-refractivity contribution in [2.24, 2.45) is 4.99 Å². The molecule has 3 N–H and O–H groups in total. The lowest BCUT2D eigenvalue weighted by Gasteiger charge is -2.35. The van der Waals surface area contributed by atoms with Gasteiger partial charge in [0.05, 0.1) is 12.6 Å². The van der Waals surface area contributed by atoms with Gasteiger partial charge >= 0.3 is 0 Å². The largest absolute Gasteiger partial charge is 0.391 e. The molecule has 1 aliphatic heterocycles. The molecule has 1 fully saturated rings. The van der Waals surface area contributed by atoms with Gasteiger partial charge in [0.15, 0.2) is 5.96 Å². The molecule has 2 unspecified atom stereocenters. The summed E-state index contributed by atoms with van der Waals surface area (Å²) in [4.78, 5) is 7.05. The Balaban J connectivity index is 0.00000300. The minimum absolute atomic E-state index is 0. The maximum atomic E-state index is 10.3. The highest BCUT2D eigenvalue weighted by Gasteiger charge is 2.21. The van der Waals surface area contributed by atoms with E-state index in [-0.39, 0.29) is 24.0 Å². The van der Waals surface area contributed by atoms with E-state index >= 15 is 0 Å². The second-order valence-electron chi connectivity index (χ2n) is 7.33. The van der Waals surface area contributed by atoms with E-state index in [0.717, 1.165) is 44.0 Å². The predicted octanol–water partition coefficient (Wildman–Crippen LogP) is 3.43. The normalized spacial score (nSPS) is 17.9. The van der Waals surface area contributed by atoms with Crippen molar-refractivity contribution in [3.8, 4) is 0 Å². The van der Waals surface area contributed by atoms with Gasteiger partial charge in [-0.05, 0) is 37.5 Å². The van der Waals surface area contributed by atoms with Gasteiger partial charge in [-0.1, -0.05) is 48.5 Å². The lowest BCUT2D eigenvalue weighted by Crippen LogP contribution is -2.51. The molecule has 1 aliphatic rings. The Hall–Kier alpha value is -1.80. The number of aliphatic hydroxyl groups excluding tert-OH is 1. The summed E-state index contributed by atoms with van der Waals surface area (Å²) in [6.07, 6.45) is 2.42. The van der Waals surface area contributed by atoms with Crippen LogP contribution in [0.3, 0.4) is 0 Å². The van der Waals surface area contributed by atoms with Crippen molar-refractivity contribution >= 4 is 35.6 Å². The third-order valence-corrected chi connectivity index (χ3v) is 5.00. The minimum atomic E-state index is -0.481. The first-order valence-electron chi connectivity index (χ1n) is 10.3. The van der Waals surface area contributed by atoms with Gasteiger partial charge in [0.2, 0.25) is 0 Å². The van der Waals surface area contributed by atoms with Crippen molar-refractivity contribution < 1.29 is 5.11 Å². The molecule has 5 nitrogen and oxygen atoms in total. The number of nitrogens with zero attached hydrogens (tertiary/aromatic N) is 2. The Morgan fingerprint density at radius 2 is 1.83 bits per heavy atom. The first-order valence-corrected chi connectivity index (χ1v) is 10.3. The number of nitrogens with one attached hydrogen (secondary N) is 2. The zero-order valence-electron chi connectivity index (χ0n) is 17.1. The SMILES string of the molecule is CCNC(=NCC(O)Cc1ccccc1)NC1CCCN(c2ccccc2)C1.I. The van der Waals surface area contributed by atoms with Crippen LogP contribution in [-0.2, 0) is 6.42 Å². The molecule has 3 rings (SSSR count). The molecular weight excluding hydrogens is 475 g/mol. The summed E-state index contributed by atoms with van der Waals surface area (Å²) in [6.45, 7) is 5.30. The summed E-state index contributed by atoms with van der Waals surface area (Å²) < 4.78 is 0. The number of aliphatic imine (C=N–C) groups is 1. The molecule has 1 saturated heterocycles. The molecule has 6 heteroatoms. The minimum Gasteiger partial charge on any atom is -0.391 e. The first kappa shape index (κ1) is 23.5. The van der Waals surface area contributed by atoms with E-state index in [0.29, 0.717) is 19.0 Å². The molecule has 29 heavy (non-hydrogen) atoms. The molecule has 0 radical (unpaired) electrons. The quantitative estimate of drug-likeness (QED) is 0.305. The monoisotopic (exact) mass is 508 g/mol. The highest BCUT2D eigenvalue weighted by atomic mass is 127.